The normalized spacial score (nSPS) is 26.2. The second kappa shape index (κ2) is 8.50. The first-order valence-corrected chi connectivity index (χ1v) is 8.58. The smallest absolute Gasteiger partial charge is 0.0543 e. The van der Waals surface area contributed by atoms with Crippen LogP contribution in [-0.4, -0.2) is 35.6 Å². The van der Waals surface area contributed by atoms with Crippen molar-refractivity contribution in [1.82, 2.24) is 15.2 Å². The number of aromatic nitrogens is 1. The van der Waals surface area contributed by atoms with Gasteiger partial charge in [0.15, 0.2) is 0 Å². The highest BCUT2D eigenvalue weighted by atomic mass is 15.2. The van der Waals surface area contributed by atoms with E-state index in [4.69, 9.17) is 0 Å². The maximum absolute atomic E-state index is 4.48. The first-order chi connectivity index (χ1) is 10.2. The molecule has 3 nitrogen and oxygen atoms in total. The minimum atomic E-state index is 0.636. The van der Waals surface area contributed by atoms with E-state index in [2.05, 4.69) is 48.2 Å². The number of pyridine rings is 1. The summed E-state index contributed by atoms with van der Waals surface area (Å²) in [4.78, 5) is 6.99. The fourth-order valence-electron chi connectivity index (χ4n) is 3.52. The predicted molar refractivity (Wildman–Crippen MR) is 89.2 cm³/mol. The van der Waals surface area contributed by atoms with Gasteiger partial charge in [0, 0.05) is 24.8 Å². The fourth-order valence-corrected chi connectivity index (χ4v) is 3.52. The molecule has 1 fully saturated rings. The van der Waals surface area contributed by atoms with Crippen LogP contribution in [0.15, 0.2) is 24.4 Å². The number of nitrogens with zero attached hydrogens (tertiary/aromatic N) is 2. The van der Waals surface area contributed by atoms with Crippen LogP contribution in [0.1, 0.15) is 51.6 Å². The standard InChI is InChI=1S/C18H31N3/c1-4-11-20-17-10-9-15(5-2)13-18(17)21(3)14-16-8-6-7-12-19-16/h6-8,12,15,17-18,20H,4-5,9-11,13-14H2,1-3H3. The lowest BCUT2D eigenvalue weighted by molar-refractivity contribution is 0.111. The molecule has 3 heteroatoms. The molecule has 1 heterocycles. The van der Waals surface area contributed by atoms with E-state index in [0.29, 0.717) is 12.1 Å². The molecular formula is C18H31N3. The molecule has 2 rings (SSSR count). The Morgan fingerprint density at radius 2 is 2.14 bits per heavy atom. The molecule has 0 saturated heterocycles. The number of rotatable bonds is 7. The third-order valence-corrected chi connectivity index (χ3v) is 4.86. The van der Waals surface area contributed by atoms with E-state index in [0.717, 1.165) is 19.0 Å². The molecule has 0 amide bonds. The summed E-state index contributed by atoms with van der Waals surface area (Å²) in [5, 5.41) is 3.77. The van der Waals surface area contributed by atoms with Crippen LogP contribution in [-0.2, 0) is 6.54 Å². The lowest BCUT2D eigenvalue weighted by atomic mass is 9.80. The Labute approximate surface area is 130 Å². The van der Waals surface area contributed by atoms with Crippen LogP contribution in [0.5, 0.6) is 0 Å². The van der Waals surface area contributed by atoms with Crippen molar-refractivity contribution >= 4 is 0 Å². The van der Waals surface area contributed by atoms with Crippen molar-refractivity contribution in [3.8, 4) is 0 Å². The minimum Gasteiger partial charge on any atom is -0.312 e. The van der Waals surface area contributed by atoms with Crippen LogP contribution < -0.4 is 5.32 Å². The number of hydrogen-bond donors (Lipinski definition) is 1. The number of hydrogen-bond acceptors (Lipinski definition) is 3. The monoisotopic (exact) mass is 289 g/mol. The Morgan fingerprint density at radius 1 is 1.29 bits per heavy atom. The Morgan fingerprint density at radius 3 is 2.81 bits per heavy atom. The van der Waals surface area contributed by atoms with Crippen molar-refractivity contribution in [2.75, 3.05) is 13.6 Å². The van der Waals surface area contributed by atoms with Gasteiger partial charge in [0.25, 0.3) is 0 Å². The molecular weight excluding hydrogens is 258 g/mol. The van der Waals surface area contributed by atoms with Crippen LogP contribution in [0.4, 0.5) is 0 Å². The van der Waals surface area contributed by atoms with Crippen LogP contribution in [0.25, 0.3) is 0 Å². The lowest BCUT2D eigenvalue weighted by Crippen LogP contribution is -2.52. The maximum Gasteiger partial charge on any atom is 0.0543 e. The van der Waals surface area contributed by atoms with Crippen molar-refractivity contribution < 1.29 is 0 Å². The van der Waals surface area contributed by atoms with Crippen LogP contribution in [0.2, 0.25) is 0 Å². The Balaban J connectivity index is 1.99. The molecule has 0 bridgehead atoms. The minimum absolute atomic E-state index is 0.636. The second-order valence-corrected chi connectivity index (χ2v) is 6.45. The van der Waals surface area contributed by atoms with Gasteiger partial charge in [-0.1, -0.05) is 26.3 Å². The zero-order valence-corrected chi connectivity index (χ0v) is 13.9. The lowest BCUT2D eigenvalue weighted by Gasteiger charge is -2.41. The van der Waals surface area contributed by atoms with E-state index in [1.807, 2.05) is 12.3 Å². The number of nitrogens with one attached hydrogen (secondary N) is 1. The molecule has 0 spiro atoms. The summed E-state index contributed by atoms with van der Waals surface area (Å²) >= 11 is 0. The molecule has 1 N–H and O–H groups in total. The zero-order valence-electron chi connectivity index (χ0n) is 13.9. The molecule has 1 aromatic heterocycles. The van der Waals surface area contributed by atoms with Gasteiger partial charge in [-0.05, 0) is 57.3 Å². The summed E-state index contributed by atoms with van der Waals surface area (Å²) in [6.45, 7) is 6.67. The van der Waals surface area contributed by atoms with Crippen LogP contribution in [0, 0.1) is 5.92 Å². The summed E-state index contributed by atoms with van der Waals surface area (Å²) in [5.41, 5.74) is 1.17. The van der Waals surface area contributed by atoms with E-state index in [1.165, 1.54) is 37.8 Å². The fraction of sp³-hybridized carbons (Fsp3) is 0.722. The summed E-state index contributed by atoms with van der Waals surface area (Å²) in [6.07, 6.45) is 8.44. The van der Waals surface area contributed by atoms with Gasteiger partial charge < -0.3 is 5.32 Å². The predicted octanol–water partition coefficient (Wildman–Crippen LogP) is 3.46. The van der Waals surface area contributed by atoms with Gasteiger partial charge in [0.05, 0.1) is 5.69 Å². The highest BCUT2D eigenvalue weighted by Crippen LogP contribution is 2.30. The molecule has 1 saturated carbocycles. The molecule has 1 aliphatic carbocycles. The molecule has 0 aromatic carbocycles. The van der Waals surface area contributed by atoms with Gasteiger partial charge in [-0.15, -0.1) is 0 Å². The van der Waals surface area contributed by atoms with Gasteiger partial charge in [-0.2, -0.15) is 0 Å². The maximum atomic E-state index is 4.48. The van der Waals surface area contributed by atoms with Gasteiger partial charge >= 0.3 is 0 Å². The summed E-state index contributed by atoms with van der Waals surface area (Å²) in [5.74, 6) is 0.890. The second-order valence-electron chi connectivity index (χ2n) is 6.45. The van der Waals surface area contributed by atoms with E-state index in [1.54, 1.807) is 0 Å². The zero-order chi connectivity index (χ0) is 15.1. The van der Waals surface area contributed by atoms with Crippen molar-refractivity contribution in [3.63, 3.8) is 0 Å². The third kappa shape index (κ3) is 4.79. The molecule has 0 aliphatic heterocycles. The average Bonchev–Trinajstić information content (AvgIpc) is 2.53. The van der Waals surface area contributed by atoms with Gasteiger partial charge in [0.2, 0.25) is 0 Å². The van der Waals surface area contributed by atoms with Gasteiger partial charge in [-0.3, -0.25) is 9.88 Å². The van der Waals surface area contributed by atoms with Gasteiger partial charge in [0.1, 0.15) is 0 Å². The van der Waals surface area contributed by atoms with Crippen molar-refractivity contribution in [1.29, 1.82) is 0 Å². The van der Waals surface area contributed by atoms with E-state index >= 15 is 0 Å². The van der Waals surface area contributed by atoms with Crippen molar-refractivity contribution in [3.05, 3.63) is 30.1 Å². The molecule has 0 radical (unpaired) electrons. The molecule has 1 aliphatic rings. The molecule has 1 aromatic rings. The van der Waals surface area contributed by atoms with E-state index in [9.17, 15) is 0 Å². The Kier molecular flexibility index (Phi) is 6.65. The average molecular weight is 289 g/mol. The third-order valence-electron chi connectivity index (χ3n) is 4.86. The first kappa shape index (κ1) is 16.4. The van der Waals surface area contributed by atoms with E-state index in [-0.39, 0.29) is 0 Å². The first-order valence-electron chi connectivity index (χ1n) is 8.58. The van der Waals surface area contributed by atoms with Crippen LogP contribution in [0.3, 0.4) is 0 Å². The van der Waals surface area contributed by atoms with Gasteiger partial charge in [-0.25, -0.2) is 0 Å². The largest absolute Gasteiger partial charge is 0.312 e. The Hall–Kier alpha value is -0.930. The highest BCUT2D eigenvalue weighted by molar-refractivity contribution is 5.04. The summed E-state index contributed by atoms with van der Waals surface area (Å²) in [7, 11) is 2.26. The molecule has 21 heavy (non-hydrogen) atoms. The topological polar surface area (TPSA) is 28.2 Å². The summed E-state index contributed by atoms with van der Waals surface area (Å²) < 4.78 is 0. The Bertz CT molecular complexity index is 393. The molecule has 118 valence electrons. The van der Waals surface area contributed by atoms with E-state index < -0.39 is 0 Å². The molecule has 3 unspecified atom stereocenters. The van der Waals surface area contributed by atoms with Crippen LogP contribution >= 0.6 is 0 Å². The van der Waals surface area contributed by atoms with Crippen molar-refractivity contribution in [2.45, 2.75) is 64.6 Å². The summed E-state index contributed by atoms with van der Waals surface area (Å²) in [6, 6.07) is 7.48. The number of likely N-dealkylation sites (N-methyl/N-ethyl adjacent to an activating group) is 1. The molecule has 3 atom stereocenters. The quantitative estimate of drug-likeness (QED) is 0.833. The highest BCUT2D eigenvalue weighted by Gasteiger charge is 2.32. The SMILES string of the molecule is CCCNC1CCC(CC)CC1N(C)Cc1ccccn1. The van der Waals surface area contributed by atoms with Crippen molar-refractivity contribution in [2.24, 2.45) is 5.92 Å².